The van der Waals surface area contributed by atoms with E-state index in [0.29, 0.717) is 0 Å². The summed E-state index contributed by atoms with van der Waals surface area (Å²) in [5.41, 5.74) is 7.39. The van der Waals surface area contributed by atoms with Crippen LogP contribution in [0.4, 0.5) is 17.1 Å². The van der Waals surface area contributed by atoms with Crippen molar-refractivity contribution in [1.82, 2.24) is 0 Å². The standard InChI is InChI=1S/C52H31NO/c1-2-14-36(15-3-1)53(37-29-27-32(28-30-37)38-17-9-22-44-39-16-4-5-24-47(39)54-52(38)44)46-31-35-13-8-20-41-40-18-6-11-33-25-26-34-12-7-19-42(49(34)48(33)40)43-21-10-23-45(46)51(43)50(35)41/h1-31H. The van der Waals surface area contributed by atoms with Gasteiger partial charge in [0.1, 0.15) is 11.2 Å². The minimum atomic E-state index is 0.911. The van der Waals surface area contributed by atoms with Crippen molar-refractivity contribution in [1.29, 1.82) is 0 Å². The summed E-state index contributed by atoms with van der Waals surface area (Å²) in [5.74, 6) is 0. The molecule has 2 nitrogen and oxygen atoms in total. The molecule has 0 atom stereocenters. The average molecular weight is 686 g/mol. The summed E-state index contributed by atoms with van der Waals surface area (Å²) in [5, 5.41) is 17.6. The highest BCUT2D eigenvalue weighted by atomic mass is 16.3. The van der Waals surface area contributed by atoms with E-state index in [0.717, 1.165) is 50.1 Å². The maximum absolute atomic E-state index is 6.44. The van der Waals surface area contributed by atoms with Crippen LogP contribution in [0.15, 0.2) is 192 Å². The Labute approximate surface area is 311 Å². The van der Waals surface area contributed by atoms with E-state index in [1.54, 1.807) is 0 Å². The lowest BCUT2D eigenvalue weighted by Gasteiger charge is -2.28. The van der Waals surface area contributed by atoms with Gasteiger partial charge in [-0.25, -0.2) is 0 Å². The zero-order chi connectivity index (χ0) is 35.3. The van der Waals surface area contributed by atoms with Crippen molar-refractivity contribution in [3.63, 3.8) is 0 Å². The van der Waals surface area contributed by atoms with Crippen LogP contribution in [-0.4, -0.2) is 0 Å². The molecule has 0 saturated carbocycles. The maximum Gasteiger partial charge on any atom is 0.143 e. The van der Waals surface area contributed by atoms with Crippen molar-refractivity contribution in [2.24, 2.45) is 0 Å². The maximum atomic E-state index is 6.44. The van der Waals surface area contributed by atoms with Crippen molar-refractivity contribution in [3.05, 3.63) is 188 Å². The second kappa shape index (κ2) is 11.2. The van der Waals surface area contributed by atoms with Gasteiger partial charge in [-0.2, -0.15) is 0 Å². The molecule has 0 unspecified atom stereocenters. The fourth-order valence-corrected chi connectivity index (χ4v) is 9.24. The Bertz CT molecular complexity index is 3430. The quantitative estimate of drug-likeness (QED) is 0.172. The minimum absolute atomic E-state index is 0.911. The number of hydrogen-bond acceptors (Lipinski definition) is 2. The van der Waals surface area contributed by atoms with Crippen LogP contribution < -0.4 is 4.90 Å². The lowest BCUT2D eigenvalue weighted by atomic mass is 9.87. The van der Waals surface area contributed by atoms with Crippen molar-refractivity contribution in [2.75, 3.05) is 4.90 Å². The van der Waals surface area contributed by atoms with E-state index in [2.05, 4.69) is 181 Å². The van der Waals surface area contributed by atoms with Crippen LogP contribution in [0.25, 0.3) is 97.7 Å². The number of nitrogens with zero attached hydrogens (tertiary/aromatic N) is 1. The molecule has 11 aromatic carbocycles. The van der Waals surface area contributed by atoms with Crippen molar-refractivity contribution in [3.8, 4) is 11.1 Å². The molecule has 0 aliphatic rings. The monoisotopic (exact) mass is 685 g/mol. The lowest BCUT2D eigenvalue weighted by molar-refractivity contribution is 0.670. The Hall–Kier alpha value is -7.16. The third-order valence-corrected chi connectivity index (χ3v) is 11.5. The van der Waals surface area contributed by atoms with Crippen LogP contribution >= 0.6 is 0 Å². The molecular formula is C52H31NO. The van der Waals surface area contributed by atoms with Crippen LogP contribution in [0.5, 0.6) is 0 Å². The van der Waals surface area contributed by atoms with Gasteiger partial charge in [0, 0.05) is 38.5 Å². The van der Waals surface area contributed by atoms with Gasteiger partial charge in [0.05, 0.1) is 5.69 Å². The molecule has 0 spiro atoms. The van der Waals surface area contributed by atoms with Gasteiger partial charge in [-0.3, -0.25) is 0 Å². The van der Waals surface area contributed by atoms with Gasteiger partial charge in [0.25, 0.3) is 0 Å². The van der Waals surface area contributed by atoms with Gasteiger partial charge in [-0.15, -0.1) is 0 Å². The van der Waals surface area contributed by atoms with E-state index in [9.17, 15) is 0 Å². The molecule has 0 aliphatic carbocycles. The average Bonchev–Trinajstić information content (AvgIpc) is 3.62. The Morgan fingerprint density at radius 2 is 0.852 bits per heavy atom. The predicted octanol–water partition coefficient (Wildman–Crippen LogP) is 15.1. The second-order valence-electron chi connectivity index (χ2n) is 14.4. The lowest BCUT2D eigenvalue weighted by Crippen LogP contribution is -2.10. The first-order valence-electron chi connectivity index (χ1n) is 18.6. The fourth-order valence-electron chi connectivity index (χ4n) is 9.24. The molecule has 1 aromatic heterocycles. The van der Waals surface area contributed by atoms with Crippen LogP contribution in [0, 0.1) is 0 Å². The molecule has 1 heterocycles. The van der Waals surface area contributed by atoms with Crippen LogP contribution in [0.1, 0.15) is 0 Å². The fraction of sp³-hybridized carbons (Fsp3) is 0. The number of furan rings is 1. The summed E-state index contributed by atoms with van der Waals surface area (Å²) >= 11 is 0. The van der Waals surface area contributed by atoms with E-state index < -0.39 is 0 Å². The zero-order valence-electron chi connectivity index (χ0n) is 29.3. The number of fused-ring (bicyclic) bond motifs is 5. The Kier molecular flexibility index (Phi) is 6.09. The van der Waals surface area contributed by atoms with E-state index in [1.807, 2.05) is 12.1 Å². The third kappa shape index (κ3) is 4.11. The molecule has 0 aliphatic heterocycles. The molecule has 250 valence electrons. The summed E-state index contributed by atoms with van der Waals surface area (Å²) in [7, 11) is 0. The SMILES string of the molecule is c1ccc(N(c2ccc(-c3cccc4c3oc3ccccc34)cc2)c2cc3cccc4c5cccc6ccc7cccc(c8cccc2c8c34)c7c65)cc1. The summed E-state index contributed by atoms with van der Waals surface area (Å²) in [6.45, 7) is 0. The smallest absolute Gasteiger partial charge is 0.143 e. The summed E-state index contributed by atoms with van der Waals surface area (Å²) in [6, 6.07) is 68.7. The molecule has 0 radical (unpaired) electrons. The van der Waals surface area contributed by atoms with Gasteiger partial charge in [0.2, 0.25) is 0 Å². The highest BCUT2D eigenvalue weighted by Gasteiger charge is 2.21. The molecule has 0 bridgehead atoms. The molecule has 0 fully saturated rings. The van der Waals surface area contributed by atoms with E-state index in [4.69, 9.17) is 4.42 Å². The molecule has 12 aromatic rings. The van der Waals surface area contributed by atoms with Crippen LogP contribution in [-0.2, 0) is 0 Å². The minimum Gasteiger partial charge on any atom is -0.455 e. The molecule has 12 rings (SSSR count). The topological polar surface area (TPSA) is 16.4 Å². The summed E-state index contributed by atoms with van der Waals surface area (Å²) < 4.78 is 6.44. The molecule has 2 heteroatoms. The Balaban J connectivity index is 1.15. The number of rotatable bonds is 4. The molecule has 0 amide bonds. The first kappa shape index (κ1) is 29.4. The van der Waals surface area contributed by atoms with Crippen molar-refractivity contribution >= 4 is 104 Å². The number of anilines is 3. The van der Waals surface area contributed by atoms with E-state index >= 15 is 0 Å². The summed E-state index contributed by atoms with van der Waals surface area (Å²) in [4.78, 5) is 2.42. The van der Waals surface area contributed by atoms with Gasteiger partial charge in [0.15, 0.2) is 0 Å². The zero-order valence-corrected chi connectivity index (χ0v) is 29.3. The Morgan fingerprint density at radius 3 is 1.57 bits per heavy atom. The predicted molar refractivity (Wildman–Crippen MR) is 230 cm³/mol. The third-order valence-electron chi connectivity index (χ3n) is 11.5. The first-order chi connectivity index (χ1) is 26.8. The Morgan fingerprint density at radius 1 is 0.333 bits per heavy atom. The highest BCUT2D eigenvalue weighted by Crippen LogP contribution is 2.48. The number of para-hydroxylation sites is 3. The number of benzene rings is 10. The van der Waals surface area contributed by atoms with Crippen molar-refractivity contribution in [2.45, 2.75) is 0 Å². The summed E-state index contributed by atoms with van der Waals surface area (Å²) in [6.07, 6.45) is 0. The molecule has 0 saturated heterocycles. The first-order valence-corrected chi connectivity index (χ1v) is 18.6. The van der Waals surface area contributed by atoms with E-state index in [-0.39, 0.29) is 0 Å². The molecule has 0 N–H and O–H groups in total. The molecular weight excluding hydrogens is 655 g/mol. The highest BCUT2D eigenvalue weighted by molar-refractivity contribution is 6.38. The normalized spacial score (nSPS) is 12.1. The molecule has 54 heavy (non-hydrogen) atoms. The van der Waals surface area contributed by atoms with Crippen LogP contribution in [0.3, 0.4) is 0 Å². The van der Waals surface area contributed by atoms with Crippen molar-refractivity contribution < 1.29 is 4.42 Å². The second-order valence-corrected chi connectivity index (χ2v) is 14.4. The van der Waals surface area contributed by atoms with Gasteiger partial charge in [-0.1, -0.05) is 152 Å². The number of hydrogen-bond donors (Lipinski definition) is 0. The van der Waals surface area contributed by atoms with Crippen LogP contribution in [0.2, 0.25) is 0 Å². The van der Waals surface area contributed by atoms with E-state index in [1.165, 1.54) is 64.6 Å². The van der Waals surface area contributed by atoms with Gasteiger partial charge in [-0.05, 0) is 95.8 Å². The van der Waals surface area contributed by atoms with Gasteiger partial charge >= 0.3 is 0 Å². The van der Waals surface area contributed by atoms with Gasteiger partial charge < -0.3 is 9.32 Å². The largest absolute Gasteiger partial charge is 0.455 e.